The highest BCUT2D eigenvalue weighted by Gasteiger charge is 2.43. The molecule has 0 aromatic heterocycles. The van der Waals surface area contributed by atoms with E-state index in [1.165, 1.54) is 44.9 Å². The Bertz CT molecular complexity index is 513. The first-order chi connectivity index (χ1) is 13.3. The van der Waals surface area contributed by atoms with Crippen LogP contribution < -0.4 is 0 Å². The molecule has 0 heterocycles. The second kappa shape index (κ2) is 10.6. The number of carbonyl (C=O) groups is 2. The lowest BCUT2D eigenvalue weighted by molar-refractivity contribution is -0.164. The van der Waals surface area contributed by atoms with Crippen LogP contribution in [0, 0.1) is 35.0 Å². The molecule has 4 nitrogen and oxygen atoms in total. The van der Waals surface area contributed by atoms with Crippen molar-refractivity contribution in [1.29, 1.82) is 0 Å². The van der Waals surface area contributed by atoms with E-state index in [0.29, 0.717) is 24.9 Å². The zero-order chi connectivity index (χ0) is 20.7. The minimum absolute atomic E-state index is 0.0439. The molecule has 1 N–H and O–H groups in total. The summed E-state index contributed by atoms with van der Waals surface area (Å²) in [4.78, 5) is 24.4. The van der Waals surface area contributed by atoms with Crippen LogP contribution in [0.3, 0.4) is 0 Å². The third kappa shape index (κ3) is 5.73. The fourth-order valence-corrected chi connectivity index (χ4v) is 5.71. The normalized spacial score (nSPS) is 32.6. The molecule has 2 aliphatic carbocycles. The van der Waals surface area contributed by atoms with Gasteiger partial charge in [0.25, 0.3) is 0 Å². The summed E-state index contributed by atoms with van der Waals surface area (Å²) >= 11 is 0. The van der Waals surface area contributed by atoms with Crippen LogP contribution in [0.5, 0.6) is 0 Å². The number of carboxylic acids is 1. The molecule has 0 amide bonds. The number of hydrogen-bond donors (Lipinski definition) is 1. The van der Waals surface area contributed by atoms with Crippen LogP contribution in [-0.4, -0.2) is 23.7 Å². The molecule has 0 aromatic rings. The van der Waals surface area contributed by atoms with Crippen molar-refractivity contribution in [3.63, 3.8) is 0 Å². The highest BCUT2D eigenvalue weighted by molar-refractivity contribution is 5.81. The van der Waals surface area contributed by atoms with Gasteiger partial charge in [-0.1, -0.05) is 66.2 Å². The number of esters is 1. The third-order valence-electron chi connectivity index (χ3n) is 7.85. The van der Waals surface area contributed by atoms with Crippen molar-refractivity contribution in [3.05, 3.63) is 0 Å². The average molecular weight is 395 g/mol. The molecular weight excluding hydrogens is 352 g/mol. The molecule has 0 spiro atoms. The van der Waals surface area contributed by atoms with Gasteiger partial charge < -0.3 is 9.84 Å². The zero-order valence-electron chi connectivity index (χ0n) is 18.5. The summed E-state index contributed by atoms with van der Waals surface area (Å²) in [5.41, 5.74) is 0.177. The number of aliphatic carboxylic acids is 1. The maximum atomic E-state index is 12.8. The monoisotopic (exact) mass is 394 g/mol. The number of carbonyl (C=O) groups excluding carboxylic acids is 1. The maximum Gasteiger partial charge on any atom is 0.309 e. The van der Waals surface area contributed by atoms with Gasteiger partial charge in [0.2, 0.25) is 0 Å². The molecular formula is C24H42O4. The Labute approximate surface area is 171 Å². The maximum absolute atomic E-state index is 12.8. The van der Waals surface area contributed by atoms with E-state index in [9.17, 15) is 14.7 Å². The fraction of sp³-hybridized carbons (Fsp3) is 0.917. The van der Waals surface area contributed by atoms with E-state index in [4.69, 9.17) is 4.74 Å². The van der Waals surface area contributed by atoms with Crippen molar-refractivity contribution in [2.45, 2.75) is 98.3 Å². The Kier molecular flexibility index (Phi) is 8.82. The summed E-state index contributed by atoms with van der Waals surface area (Å²) in [6.45, 7) is 9.34. The predicted molar refractivity (Wildman–Crippen MR) is 112 cm³/mol. The van der Waals surface area contributed by atoms with E-state index in [-0.39, 0.29) is 17.3 Å². The summed E-state index contributed by atoms with van der Waals surface area (Å²) in [5.74, 6) is -1.07. The number of hydrogen-bond acceptors (Lipinski definition) is 3. The first kappa shape index (κ1) is 23.2. The molecule has 2 rings (SSSR count). The number of ether oxygens (including phenoxy) is 1. The van der Waals surface area contributed by atoms with Crippen molar-refractivity contribution < 1.29 is 19.4 Å². The third-order valence-corrected chi connectivity index (χ3v) is 7.85. The van der Waals surface area contributed by atoms with Crippen molar-refractivity contribution >= 4 is 11.9 Å². The summed E-state index contributed by atoms with van der Waals surface area (Å²) in [7, 11) is 0. The van der Waals surface area contributed by atoms with Crippen molar-refractivity contribution in [3.8, 4) is 0 Å². The molecule has 2 saturated carbocycles. The minimum atomic E-state index is -0.848. The molecule has 162 valence electrons. The van der Waals surface area contributed by atoms with Crippen molar-refractivity contribution in [2.75, 3.05) is 6.61 Å². The summed E-state index contributed by atoms with van der Waals surface area (Å²) < 4.78 is 5.77. The molecule has 28 heavy (non-hydrogen) atoms. The Morgan fingerprint density at radius 2 is 1.68 bits per heavy atom. The van der Waals surface area contributed by atoms with Crippen molar-refractivity contribution in [1.82, 2.24) is 0 Å². The van der Waals surface area contributed by atoms with Gasteiger partial charge in [-0.05, 0) is 55.3 Å². The van der Waals surface area contributed by atoms with Crippen LogP contribution in [-0.2, 0) is 14.3 Å². The molecule has 0 radical (unpaired) electrons. The van der Waals surface area contributed by atoms with Gasteiger partial charge in [0.1, 0.15) is 0 Å². The summed E-state index contributed by atoms with van der Waals surface area (Å²) in [6.07, 6.45) is 12.5. The highest BCUT2D eigenvalue weighted by atomic mass is 16.5. The molecule has 0 aliphatic heterocycles. The van der Waals surface area contributed by atoms with Crippen LogP contribution >= 0.6 is 0 Å². The molecule has 2 aliphatic rings. The van der Waals surface area contributed by atoms with Gasteiger partial charge in [0, 0.05) is 0 Å². The van der Waals surface area contributed by atoms with Crippen LogP contribution in [0.25, 0.3) is 0 Å². The molecule has 0 saturated heterocycles. The van der Waals surface area contributed by atoms with Gasteiger partial charge in [0.15, 0.2) is 0 Å². The first-order valence-corrected chi connectivity index (χ1v) is 11.7. The zero-order valence-corrected chi connectivity index (χ0v) is 18.5. The van der Waals surface area contributed by atoms with Gasteiger partial charge in [-0.2, -0.15) is 0 Å². The number of carboxylic acid groups (broad SMARTS) is 1. The lowest BCUT2D eigenvalue weighted by Gasteiger charge is -2.45. The van der Waals surface area contributed by atoms with Crippen LogP contribution in [0.2, 0.25) is 0 Å². The van der Waals surface area contributed by atoms with Gasteiger partial charge in [-0.15, -0.1) is 0 Å². The van der Waals surface area contributed by atoms with E-state index >= 15 is 0 Å². The molecule has 5 atom stereocenters. The average Bonchev–Trinajstić information content (AvgIpc) is 2.64. The van der Waals surface area contributed by atoms with Crippen LogP contribution in [0.15, 0.2) is 0 Å². The van der Waals surface area contributed by atoms with Crippen LogP contribution in [0.4, 0.5) is 0 Å². The summed E-state index contributed by atoms with van der Waals surface area (Å²) in [6, 6.07) is 0. The van der Waals surface area contributed by atoms with Gasteiger partial charge >= 0.3 is 11.9 Å². The van der Waals surface area contributed by atoms with E-state index in [1.54, 1.807) is 0 Å². The Hall–Kier alpha value is -1.06. The van der Waals surface area contributed by atoms with E-state index in [2.05, 4.69) is 20.8 Å². The standard InChI is InChI=1S/C24H42O4/c1-5-6-7-8-12-18-13-10-14-19(24(18,3)4)16-28-23(27)20-15-9-11-17(2)21(20)22(25)26/h17-21H,5-16H2,1-4H3,(H,25,26). The molecule has 5 unspecified atom stereocenters. The molecule has 2 fully saturated rings. The Balaban J connectivity index is 1.91. The molecule has 0 aromatic carbocycles. The fourth-order valence-electron chi connectivity index (χ4n) is 5.71. The van der Waals surface area contributed by atoms with E-state index in [0.717, 1.165) is 19.3 Å². The molecule has 0 bridgehead atoms. The van der Waals surface area contributed by atoms with E-state index in [1.807, 2.05) is 6.92 Å². The Morgan fingerprint density at radius 1 is 1.00 bits per heavy atom. The Morgan fingerprint density at radius 3 is 2.36 bits per heavy atom. The SMILES string of the molecule is CCCCCCC1CCCC(COC(=O)C2CCCC(C)C2C(=O)O)C1(C)C. The molecule has 4 heteroatoms. The lowest BCUT2D eigenvalue weighted by atomic mass is 9.61. The number of rotatable bonds is 9. The van der Waals surface area contributed by atoms with Gasteiger partial charge in [-0.25, -0.2) is 0 Å². The first-order valence-electron chi connectivity index (χ1n) is 11.7. The second-order valence-corrected chi connectivity index (χ2v) is 10.0. The quantitative estimate of drug-likeness (QED) is 0.380. The minimum Gasteiger partial charge on any atom is -0.481 e. The number of unbranched alkanes of at least 4 members (excludes halogenated alkanes) is 3. The predicted octanol–water partition coefficient (Wildman–Crippen LogP) is 6.08. The largest absolute Gasteiger partial charge is 0.481 e. The van der Waals surface area contributed by atoms with Crippen LogP contribution in [0.1, 0.15) is 98.3 Å². The highest BCUT2D eigenvalue weighted by Crippen LogP contribution is 2.47. The smallest absolute Gasteiger partial charge is 0.309 e. The summed E-state index contributed by atoms with van der Waals surface area (Å²) in [5, 5.41) is 9.58. The van der Waals surface area contributed by atoms with Crippen molar-refractivity contribution in [2.24, 2.45) is 35.0 Å². The topological polar surface area (TPSA) is 63.6 Å². The second-order valence-electron chi connectivity index (χ2n) is 10.0. The van der Waals surface area contributed by atoms with Gasteiger partial charge in [-0.3, -0.25) is 9.59 Å². The van der Waals surface area contributed by atoms with E-state index < -0.39 is 17.8 Å². The van der Waals surface area contributed by atoms with Gasteiger partial charge in [0.05, 0.1) is 18.4 Å². The lowest BCUT2D eigenvalue weighted by Crippen LogP contribution is -2.42.